The molecule has 0 aromatic rings. The molecule has 3 radical (unpaired) electrons. The van der Waals surface area contributed by atoms with E-state index in [9.17, 15) is 0 Å². The van der Waals surface area contributed by atoms with Crippen molar-refractivity contribution >= 4 is 10.2 Å². The molecule has 0 spiro atoms. The molecule has 10 heavy (non-hydrogen) atoms. The SMILES string of the molecule is CCC1(COC[Si])COC1. The van der Waals surface area contributed by atoms with Crippen molar-refractivity contribution in [1.29, 1.82) is 0 Å². The summed E-state index contributed by atoms with van der Waals surface area (Å²) in [6.45, 7) is 4.75. The Balaban J connectivity index is 2.20. The lowest BCUT2D eigenvalue weighted by Crippen LogP contribution is -2.45. The summed E-state index contributed by atoms with van der Waals surface area (Å²) in [7, 11) is 3.27. The highest BCUT2D eigenvalue weighted by Gasteiger charge is 2.36. The van der Waals surface area contributed by atoms with Crippen molar-refractivity contribution in [3.8, 4) is 0 Å². The molecule has 0 atom stereocenters. The number of rotatable bonds is 4. The van der Waals surface area contributed by atoms with Crippen molar-refractivity contribution in [1.82, 2.24) is 0 Å². The van der Waals surface area contributed by atoms with Crippen LogP contribution < -0.4 is 0 Å². The van der Waals surface area contributed by atoms with Crippen LogP contribution in [0.2, 0.25) is 0 Å². The van der Waals surface area contributed by atoms with Gasteiger partial charge in [-0.05, 0) is 6.42 Å². The molecular weight excluding hydrogens is 144 g/mol. The molecule has 0 N–H and O–H groups in total. The van der Waals surface area contributed by atoms with Gasteiger partial charge in [0.05, 0.1) is 30.1 Å². The van der Waals surface area contributed by atoms with Gasteiger partial charge in [-0.25, -0.2) is 0 Å². The Morgan fingerprint density at radius 3 is 2.60 bits per heavy atom. The van der Waals surface area contributed by atoms with Gasteiger partial charge in [0.2, 0.25) is 0 Å². The molecule has 0 aromatic heterocycles. The summed E-state index contributed by atoms with van der Waals surface area (Å²) in [6, 6.07) is 0. The first kappa shape index (κ1) is 8.24. The molecule has 1 heterocycles. The van der Waals surface area contributed by atoms with Gasteiger partial charge in [0, 0.05) is 11.6 Å². The minimum absolute atomic E-state index is 0.340. The Morgan fingerprint density at radius 1 is 1.60 bits per heavy atom. The number of hydrogen-bond donors (Lipinski definition) is 0. The highest BCUT2D eigenvalue weighted by molar-refractivity contribution is 6.08. The van der Waals surface area contributed by atoms with E-state index in [4.69, 9.17) is 9.47 Å². The van der Waals surface area contributed by atoms with E-state index >= 15 is 0 Å². The zero-order chi connectivity index (χ0) is 7.45. The van der Waals surface area contributed by atoms with Crippen molar-refractivity contribution in [2.24, 2.45) is 5.41 Å². The highest BCUT2D eigenvalue weighted by Crippen LogP contribution is 2.30. The normalized spacial score (nSPS) is 22.2. The second-order valence-electron chi connectivity index (χ2n) is 2.84. The Labute approximate surface area is 65.3 Å². The summed E-state index contributed by atoms with van der Waals surface area (Å²) >= 11 is 0. The van der Waals surface area contributed by atoms with E-state index in [0.29, 0.717) is 11.6 Å². The van der Waals surface area contributed by atoms with E-state index in [2.05, 4.69) is 17.2 Å². The van der Waals surface area contributed by atoms with Crippen molar-refractivity contribution in [2.75, 3.05) is 26.1 Å². The van der Waals surface area contributed by atoms with Gasteiger partial charge in [-0.3, -0.25) is 0 Å². The fourth-order valence-electron chi connectivity index (χ4n) is 1.05. The molecule has 0 amide bonds. The predicted octanol–water partition coefficient (Wildman–Crippen LogP) is 0.556. The molecule has 1 aliphatic heterocycles. The van der Waals surface area contributed by atoms with E-state index in [-0.39, 0.29) is 0 Å². The van der Waals surface area contributed by atoms with E-state index in [1.165, 1.54) is 0 Å². The van der Waals surface area contributed by atoms with Gasteiger partial charge in [-0.2, -0.15) is 0 Å². The average Bonchev–Trinajstić information content (AvgIpc) is 1.87. The average molecular weight is 157 g/mol. The Morgan fingerprint density at radius 2 is 2.30 bits per heavy atom. The van der Waals surface area contributed by atoms with Crippen LogP contribution in [0.25, 0.3) is 0 Å². The maximum Gasteiger partial charge on any atom is 0.0609 e. The summed E-state index contributed by atoms with van der Waals surface area (Å²) in [5.41, 5.74) is 0.340. The molecule has 0 aromatic carbocycles. The molecule has 57 valence electrons. The van der Waals surface area contributed by atoms with Gasteiger partial charge in [-0.1, -0.05) is 6.92 Å². The largest absolute Gasteiger partial charge is 0.385 e. The van der Waals surface area contributed by atoms with Crippen LogP contribution in [-0.4, -0.2) is 36.3 Å². The minimum atomic E-state index is 0.340. The summed E-state index contributed by atoms with van der Waals surface area (Å²) < 4.78 is 10.4. The summed E-state index contributed by atoms with van der Waals surface area (Å²) in [4.78, 5) is 0. The topological polar surface area (TPSA) is 18.5 Å². The molecule has 1 rings (SSSR count). The first-order chi connectivity index (χ1) is 4.83. The fraction of sp³-hybridized carbons (Fsp3) is 1.00. The molecule has 1 fully saturated rings. The van der Waals surface area contributed by atoms with Gasteiger partial charge in [0.1, 0.15) is 0 Å². The Hall–Kier alpha value is 0.137. The van der Waals surface area contributed by atoms with Crippen molar-refractivity contribution in [2.45, 2.75) is 13.3 Å². The molecule has 3 heteroatoms. The van der Waals surface area contributed by atoms with Gasteiger partial charge < -0.3 is 9.47 Å². The monoisotopic (exact) mass is 157 g/mol. The zero-order valence-corrected chi connectivity index (χ0v) is 7.35. The summed E-state index contributed by atoms with van der Waals surface area (Å²) in [5.74, 6) is 0. The second kappa shape index (κ2) is 3.51. The highest BCUT2D eigenvalue weighted by atomic mass is 28.1. The zero-order valence-electron chi connectivity index (χ0n) is 6.35. The molecule has 0 aliphatic carbocycles. The summed E-state index contributed by atoms with van der Waals surface area (Å²) in [6.07, 6.45) is 1.78. The molecule has 0 saturated carbocycles. The third-order valence-corrected chi connectivity index (χ3v) is 2.28. The predicted molar refractivity (Wildman–Crippen MR) is 40.1 cm³/mol. The lowest BCUT2D eigenvalue weighted by atomic mass is 9.84. The maximum atomic E-state index is 5.27. The van der Waals surface area contributed by atoms with Gasteiger partial charge >= 0.3 is 0 Å². The van der Waals surface area contributed by atoms with Crippen LogP contribution in [0.5, 0.6) is 0 Å². The van der Waals surface area contributed by atoms with Crippen LogP contribution in [-0.2, 0) is 9.47 Å². The Bertz CT molecular complexity index is 96.3. The number of hydrogen-bond acceptors (Lipinski definition) is 2. The molecular formula is C7H13O2Si. The van der Waals surface area contributed by atoms with Crippen LogP contribution in [0.1, 0.15) is 13.3 Å². The van der Waals surface area contributed by atoms with Crippen molar-refractivity contribution in [3.05, 3.63) is 0 Å². The van der Waals surface area contributed by atoms with Crippen molar-refractivity contribution < 1.29 is 9.47 Å². The second-order valence-corrected chi connectivity index (χ2v) is 3.13. The standard InChI is InChI=1S/C7H13O2Si/c1-2-7(3-8-4-7)5-9-6-10/h2-6H2,1H3. The van der Waals surface area contributed by atoms with E-state index in [1.807, 2.05) is 0 Å². The Kier molecular flexibility index (Phi) is 2.89. The van der Waals surface area contributed by atoms with Crippen molar-refractivity contribution in [3.63, 3.8) is 0 Å². The van der Waals surface area contributed by atoms with E-state index in [1.54, 1.807) is 0 Å². The maximum absolute atomic E-state index is 5.27. The van der Waals surface area contributed by atoms with E-state index < -0.39 is 0 Å². The van der Waals surface area contributed by atoms with Crippen LogP contribution in [0.15, 0.2) is 0 Å². The van der Waals surface area contributed by atoms with Gasteiger partial charge in [-0.15, -0.1) is 0 Å². The number of ether oxygens (including phenoxy) is 2. The van der Waals surface area contributed by atoms with Gasteiger partial charge in [0.15, 0.2) is 0 Å². The molecule has 0 unspecified atom stereocenters. The summed E-state index contributed by atoms with van der Waals surface area (Å²) in [5, 5.41) is 0. The molecule has 0 bridgehead atoms. The molecule has 1 aliphatic rings. The third kappa shape index (κ3) is 1.59. The fourth-order valence-corrected chi connectivity index (χ4v) is 1.15. The quantitative estimate of drug-likeness (QED) is 0.555. The lowest BCUT2D eigenvalue weighted by molar-refractivity contribution is -0.146. The first-order valence-electron chi connectivity index (χ1n) is 3.63. The van der Waals surface area contributed by atoms with Crippen LogP contribution in [0.4, 0.5) is 0 Å². The van der Waals surface area contributed by atoms with Crippen LogP contribution >= 0.6 is 0 Å². The minimum Gasteiger partial charge on any atom is -0.385 e. The first-order valence-corrected chi connectivity index (χ1v) is 4.34. The van der Waals surface area contributed by atoms with E-state index in [0.717, 1.165) is 26.2 Å². The third-order valence-electron chi connectivity index (χ3n) is 2.08. The van der Waals surface area contributed by atoms with Crippen LogP contribution in [0.3, 0.4) is 0 Å². The molecule has 2 nitrogen and oxygen atoms in total. The smallest absolute Gasteiger partial charge is 0.0609 e. The van der Waals surface area contributed by atoms with Crippen LogP contribution in [0, 0.1) is 5.41 Å². The lowest BCUT2D eigenvalue weighted by Gasteiger charge is -2.40. The van der Waals surface area contributed by atoms with Gasteiger partial charge in [0.25, 0.3) is 0 Å². The molecule has 1 saturated heterocycles.